The largest absolute Gasteiger partial charge is 0.396 e. The fourth-order valence-corrected chi connectivity index (χ4v) is 2.51. The number of nitro benzene ring substituents is 1. The Hall–Kier alpha value is -1.66. The summed E-state index contributed by atoms with van der Waals surface area (Å²) in [6.45, 7) is 4.54. The predicted molar refractivity (Wildman–Crippen MR) is 85.1 cm³/mol. The normalized spacial score (nSPS) is 12.2. The lowest BCUT2D eigenvalue weighted by Crippen LogP contribution is -2.30. The molecule has 0 radical (unpaired) electrons. The molecule has 0 fully saturated rings. The van der Waals surface area contributed by atoms with E-state index >= 15 is 0 Å². The van der Waals surface area contributed by atoms with Gasteiger partial charge in [-0.05, 0) is 36.8 Å². The Morgan fingerprint density at radius 2 is 2.14 bits per heavy atom. The molecule has 0 aromatic heterocycles. The Morgan fingerprint density at radius 3 is 2.68 bits per heavy atom. The van der Waals surface area contributed by atoms with Gasteiger partial charge in [0.15, 0.2) is 0 Å². The molecule has 0 aliphatic heterocycles. The number of halogens is 1. The highest BCUT2D eigenvalue weighted by molar-refractivity contribution is 6.31. The molecule has 2 N–H and O–H groups in total. The van der Waals surface area contributed by atoms with Crippen LogP contribution in [0.4, 0.5) is 5.69 Å². The Labute approximate surface area is 134 Å². The lowest BCUT2D eigenvalue weighted by Gasteiger charge is -2.18. The number of nitro groups is 1. The second-order valence-corrected chi connectivity index (χ2v) is 6.07. The average molecular weight is 329 g/mol. The molecule has 1 rings (SSSR count). The molecule has 0 spiro atoms. The number of carbonyl (C=O) groups excluding carboxylic acids is 1. The van der Waals surface area contributed by atoms with E-state index < -0.39 is 10.8 Å². The molecule has 122 valence electrons. The van der Waals surface area contributed by atoms with Gasteiger partial charge in [-0.25, -0.2) is 0 Å². The van der Waals surface area contributed by atoms with Gasteiger partial charge in [0.05, 0.1) is 4.92 Å². The third-order valence-corrected chi connectivity index (χ3v) is 3.53. The van der Waals surface area contributed by atoms with Crippen LogP contribution in [0.1, 0.15) is 37.0 Å². The van der Waals surface area contributed by atoms with Gasteiger partial charge < -0.3 is 10.4 Å². The lowest BCUT2D eigenvalue weighted by atomic mass is 9.94. The number of nitrogens with one attached hydrogen (secondary N) is 1. The highest BCUT2D eigenvalue weighted by atomic mass is 35.5. The van der Waals surface area contributed by atoms with Crippen molar-refractivity contribution in [3.63, 3.8) is 0 Å². The van der Waals surface area contributed by atoms with Gasteiger partial charge in [-0.3, -0.25) is 14.9 Å². The zero-order chi connectivity index (χ0) is 16.7. The van der Waals surface area contributed by atoms with Crippen molar-refractivity contribution in [1.82, 2.24) is 5.32 Å². The number of carbonyl (C=O) groups is 1. The van der Waals surface area contributed by atoms with Crippen LogP contribution in [-0.4, -0.2) is 29.1 Å². The zero-order valence-electron chi connectivity index (χ0n) is 12.7. The topological polar surface area (TPSA) is 92.5 Å². The molecule has 7 heteroatoms. The quantitative estimate of drug-likeness (QED) is 0.566. The van der Waals surface area contributed by atoms with Crippen LogP contribution in [0.5, 0.6) is 0 Å². The van der Waals surface area contributed by atoms with Crippen molar-refractivity contribution >= 4 is 23.2 Å². The average Bonchev–Trinajstić information content (AvgIpc) is 2.43. The highest BCUT2D eigenvalue weighted by Crippen LogP contribution is 2.23. The molecule has 0 saturated carbocycles. The van der Waals surface area contributed by atoms with Crippen LogP contribution in [0, 0.1) is 22.0 Å². The van der Waals surface area contributed by atoms with E-state index in [1.54, 1.807) is 0 Å². The van der Waals surface area contributed by atoms with E-state index in [9.17, 15) is 14.9 Å². The first-order chi connectivity index (χ1) is 10.3. The summed E-state index contributed by atoms with van der Waals surface area (Å²) in [6, 6.07) is 3.89. The Kier molecular flexibility index (Phi) is 7.27. The van der Waals surface area contributed by atoms with Crippen molar-refractivity contribution in [2.45, 2.75) is 26.7 Å². The molecule has 1 unspecified atom stereocenters. The lowest BCUT2D eigenvalue weighted by molar-refractivity contribution is -0.385. The van der Waals surface area contributed by atoms with Gasteiger partial charge in [-0.2, -0.15) is 0 Å². The van der Waals surface area contributed by atoms with Crippen LogP contribution in [0.25, 0.3) is 0 Å². The summed E-state index contributed by atoms with van der Waals surface area (Å²) in [5.41, 5.74) is -0.325. The first-order valence-corrected chi connectivity index (χ1v) is 7.56. The molecule has 0 saturated heterocycles. The van der Waals surface area contributed by atoms with Crippen LogP contribution in [-0.2, 0) is 0 Å². The maximum Gasteiger partial charge on any atom is 0.282 e. The molecule has 1 atom stereocenters. The third-order valence-electron chi connectivity index (χ3n) is 3.29. The van der Waals surface area contributed by atoms with Crippen LogP contribution in [0.3, 0.4) is 0 Å². The van der Waals surface area contributed by atoms with Crippen molar-refractivity contribution in [1.29, 1.82) is 0 Å². The Morgan fingerprint density at radius 1 is 1.45 bits per heavy atom. The zero-order valence-corrected chi connectivity index (χ0v) is 13.5. The monoisotopic (exact) mass is 328 g/mol. The van der Waals surface area contributed by atoms with Crippen molar-refractivity contribution in [3.8, 4) is 0 Å². The number of amides is 1. The molecule has 0 heterocycles. The summed E-state index contributed by atoms with van der Waals surface area (Å²) in [5, 5.41) is 23.0. The summed E-state index contributed by atoms with van der Waals surface area (Å²) in [5.74, 6) is 0.0436. The highest BCUT2D eigenvalue weighted by Gasteiger charge is 2.21. The summed E-state index contributed by atoms with van der Waals surface area (Å²) in [7, 11) is 0. The van der Waals surface area contributed by atoms with Crippen LogP contribution < -0.4 is 5.32 Å². The number of aliphatic hydroxyl groups is 1. The number of benzene rings is 1. The van der Waals surface area contributed by atoms with Gasteiger partial charge in [-0.1, -0.05) is 25.4 Å². The predicted octanol–water partition coefficient (Wildman–Crippen LogP) is 3.02. The molecular weight excluding hydrogens is 308 g/mol. The SMILES string of the molecule is CC(C)CC(CCO)CNC(=O)c1cc(Cl)ccc1[N+](=O)[O-]. The van der Waals surface area contributed by atoms with E-state index in [0.29, 0.717) is 18.9 Å². The second-order valence-electron chi connectivity index (χ2n) is 5.64. The van der Waals surface area contributed by atoms with Crippen molar-refractivity contribution in [2.75, 3.05) is 13.2 Å². The number of nitrogens with zero attached hydrogens (tertiary/aromatic N) is 1. The minimum Gasteiger partial charge on any atom is -0.396 e. The number of hydrogen-bond donors (Lipinski definition) is 2. The first-order valence-electron chi connectivity index (χ1n) is 7.18. The van der Waals surface area contributed by atoms with E-state index in [4.69, 9.17) is 16.7 Å². The van der Waals surface area contributed by atoms with Gasteiger partial charge in [0.25, 0.3) is 11.6 Å². The standard InChI is InChI=1S/C15H21ClN2O4/c1-10(2)7-11(5-6-19)9-17-15(20)13-8-12(16)3-4-14(13)18(21)22/h3-4,8,10-11,19H,5-7,9H2,1-2H3,(H,17,20). The van der Waals surface area contributed by atoms with E-state index in [2.05, 4.69) is 19.2 Å². The summed E-state index contributed by atoms with van der Waals surface area (Å²) in [6.07, 6.45) is 1.44. The molecule has 1 aromatic rings. The second kappa shape index (κ2) is 8.70. The first kappa shape index (κ1) is 18.4. The van der Waals surface area contributed by atoms with Gasteiger partial charge in [-0.15, -0.1) is 0 Å². The smallest absolute Gasteiger partial charge is 0.282 e. The van der Waals surface area contributed by atoms with E-state index in [1.807, 2.05) is 0 Å². The minimum atomic E-state index is -0.607. The molecule has 22 heavy (non-hydrogen) atoms. The molecule has 6 nitrogen and oxygen atoms in total. The molecule has 1 aromatic carbocycles. The Balaban J connectivity index is 2.79. The Bertz CT molecular complexity index is 534. The van der Waals surface area contributed by atoms with Gasteiger partial charge >= 0.3 is 0 Å². The van der Waals surface area contributed by atoms with Crippen molar-refractivity contribution < 1.29 is 14.8 Å². The van der Waals surface area contributed by atoms with E-state index in [1.165, 1.54) is 18.2 Å². The molecule has 0 aliphatic carbocycles. The number of rotatable bonds is 8. The molecule has 1 amide bonds. The molecule has 0 aliphatic rings. The van der Waals surface area contributed by atoms with Crippen LogP contribution in [0.2, 0.25) is 5.02 Å². The maximum atomic E-state index is 12.2. The fourth-order valence-electron chi connectivity index (χ4n) is 2.33. The van der Waals surface area contributed by atoms with Crippen molar-refractivity contribution in [2.24, 2.45) is 11.8 Å². The van der Waals surface area contributed by atoms with Crippen LogP contribution in [0.15, 0.2) is 18.2 Å². The van der Waals surface area contributed by atoms with E-state index in [-0.39, 0.29) is 28.8 Å². The third kappa shape index (κ3) is 5.61. The molecular formula is C15H21ClN2O4. The summed E-state index contributed by atoms with van der Waals surface area (Å²) in [4.78, 5) is 22.5. The summed E-state index contributed by atoms with van der Waals surface area (Å²) < 4.78 is 0. The minimum absolute atomic E-state index is 0.0462. The van der Waals surface area contributed by atoms with Gasteiger partial charge in [0, 0.05) is 24.2 Å². The van der Waals surface area contributed by atoms with Gasteiger partial charge in [0.1, 0.15) is 5.56 Å². The maximum absolute atomic E-state index is 12.2. The van der Waals surface area contributed by atoms with E-state index in [0.717, 1.165) is 6.42 Å². The van der Waals surface area contributed by atoms with Crippen LogP contribution >= 0.6 is 11.6 Å². The number of hydrogen-bond acceptors (Lipinski definition) is 4. The van der Waals surface area contributed by atoms with Crippen molar-refractivity contribution in [3.05, 3.63) is 38.9 Å². The number of aliphatic hydroxyl groups excluding tert-OH is 1. The molecule has 0 bridgehead atoms. The van der Waals surface area contributed by atoms with Gasteiger partial charge in [0.2, 0.25) is 0 Å². The summed E-state index contributed by atoms with van der Waals surface area (Å²) >= 11 is 5.81. The fraction of sp³-hybridized carbons (Fsp3) is 0.533.